The number of hydrogen-bond donors (Lipinski definition) is 0. The highest BCUT2D eigenvalue weighted by atomic mass is 35.5. The maximum atomic E-state index is 12.3. The van der Waals surface area contributed by atoms with Gasteiger partial charge in [0.2, 0.25) is 5.22 Å². The summed E-state index contributed by atoms with van der Waals surface area (Å²) in [4.78, 5) is 0. The van der Waals surface area contributed by atoms with Crippen LogP contribution >= 0.6 is 11.6 Å². The summed E-state index contributed by atoms with van der Waals surface area (Å²) < 4.78 is 17.1. The molecule has 0 unspecified atom stereocenters. The third kappa shape index (κ3) is 1.24. The molecule has 1 aromatic rings. The third-order valence-corrected chi connectivity index (χ3v) is 1.30. The second-order valence-electron chi connectivity index (χ2n) is 1.69. The second-order valence-corrected chi connectivity index (χ2v) is 2.03. The Balaban J connectivity index is 2.98. The Hall–Kier alpha value is -0.500. The summed E-state index contributed by atoms with van der Waals surface area (Å²) in [6.07, 6.45) is 0.670. The summed E-state index contributed by atoms with van der Waals surface area (Å²) >= 11 is 5.27. The molecule has 0 aliphatic rings. The summed E-state index contributed by atoms with van der Waals surface area (Å²) in [5.41, 5.74) is 0. The smallest absolute Gasteiger partial charge is 0.229 e. The molecule has 0 radical (unpaired) electrons. The molecule has 0 bridgehead atoms. The van der Waals surface area contributed by atoms with E-state index in [4.69, 9.17) is 16.0 Å². The Morgan fingerprint density at radius 3 is 2.67 bits per heavy atom. The fourth-order valence-electron chi connectivity index (χ4n) is 0.566. The van der Waals surface area contributed by atoms with Crippen molar-refractivity contribution in [3.05, 3.63) is 22.9 Å². The molecular weight excluding hydrogens is 143 g/mol. The Labute approximate surface area is 57.4 Å². The lowest BCUT2D eigenvalue weighted by atomic mass is 10.4. The Morgan fingerprint density at radius 2 is 2.44 bits per heavy atom. The maximum Gasteiger partial charge on any atom is 0.229 e. The molecule has 0 aromatic carbocycles. The van der Waals surface area contributed by atoms with Gasteiger partial charge in [0.05, 0.1) is 0 Å². The van der Waals surface area contributed by atoms with Crippen molar-refractivity contribution in [2.24, 2.45) is 0 Å². The molecular formula is C6H6ClFO. The SMILES string of the molecule is CCc1cc(F)c(Cl)o1. The van der Waals surface area contributed by atoms with Crippen molar-refractivity contribution in [2.45, 2.75) is 13.3 Å². The molecule has 1 aromatic heterocycles. The molecule has 50 valence electrons. The Morgan fingerprint density at radius 1 is 1.78 bits per heavy atom. The van der Waals surface area contributed by atoms with E-state index in [9.17, 15) is 4.39 Å². The van der Waals surface area contributed by atoms with Crippen LogP contribution in [-0.2, 0) is 6.42 Å². The molecule has 1 nitrogen and oxygen atoms in total. The molecule has 0 N–H and O–H groups in total. The first kappa shape index (κ1) is 6.62. The van der Waals surface area contributed by atoms with Gasteiger partial charge in [-0.25, -0.2) is 4.39 Å². The minimum absolute atomic E-state index is 0.146. The van der Waals surface area contributed by atoms with Crippen LogP contribution in [0.4, 0.5) is 4.39 Å². The number of furan rings is 1. The van der Waals surface area contributed by atoms with E-state index in [1.807, 2.05) is 6.92 Å². The van der Waals surface area contributed by atoms with Crippen LogP contribution < -0.4 is 0 Å². The van der Waals surface area contributed by atoms with E-state index in [2.05, 4.69) is 0 Å². The highest BCUT2D eigenvalue weighted by Gasteiger charge is 2.05. The Bertz CT molecular complexity index is 187. The average molecular weight is 149 g/mol. The molecule has 0 atom stereocenters. The van der Waals surface area contributed by atoms with Gasteiger partial charge in [-0.1, -0.05) is 6.92 Å². The first-order valence-electron chi connectivity index (χ1n) is 2.67. The number of rotatable bonds is 1. The van der Waals surface area contributed by atoms with E-state index in [1.165, 1.54) is 6.07 Å². The van der Waals surface area contributed by atoms with Crippen LogP contribution in [0, 0.1) is 5.82 Å². The summed E-state index contributed by atoms with van der Waals surface area (Å²) in [5.74, 6) is 0.103. The molecule has 0 saturated heterocycles. The van der Waals surface area contributed by atoms with Crippen molar-refractivity contribution in [3.8, 4) is 0 Å². The molecule has 0 saturated carbocycles. The molecule has 0 spiro atoms. The van der Waals surface area contributed by atoms with E-state index >= 15 is 0 Å². The van der Waals surface area contributed by atoms with E-state index in [0.717, 1.165) is 0 Å². The fourth-order valence-corrected chi connectivity index (χ4v) is 0.719. The fraction of sp³-hybridized carbons (Fsp3) is 0.333. The maximum absolute atomic E-state index is 12.3. The van der Waals surface area contributed by atoms with Crippen molar-refractivity contribution in [1.29, 1.82) is 0 Å². The molecule has 0 aliphatic carbocycles. The van der Waals surface area contributed by atoms with Crippen molar-refractivity contribution in [2.75, 3.05) is 0 Å². The first-order chi connectivity index (χ1) is 4.24. The minimum Gasteiger partial charge on any atom is -0.446 e. The van der Waals surface area contributed by atoms with Crippen molar-refractivity contribution in [1.82, 2.24) is 0 Å². The first-order valence-corrected chi connectivity index (χ1v) is 3.05. The topological polar surface area (TPSA) is 13.1 Å². The summed E-state index contributed by atoms with van der Waals surface area (Å²) in [7, 11) is 0. The predicted molar refractivity (Wildman–Crippen MR) is 33.1 cm³/mol. The Kier molecular flexibility index (Phi) is 1.76. The summed E-state index contributed by atoms with van der Waals surface area (Å²) in [6, 6.07) is 1.29. The third-order valence-electron chi connectivity index (χ3n) is 1.04. The van der Waals surface area contributed by atoms with E-state index in [-0.39, 0.29) is 5.22 Å². The van der Waals surface area contributed by atoms with Crippen LogP contribution in [0.5, 0.6) is 0 Å². The lowest BCUT2D eigenvalue weighted by molar-refractivity contribution is 0.500. The van der Waals surface area contributed by atoms with Crippen LogP contribution in [-0.4, -0.2) is 0 Å². The molecule has 1 rings (SSSR count). The largest absolute Gasteiger partial charge is 0.446 e. The predicted octanol–water partition coefficient (Wildman–Crippen LogP) is 2.63. The highest BCUT2D eigenvalue weighted by Crippen LogP contribution is 2.18. The van der Waals surface area contributed by atoms with Gasteiger partial charge < -0.3 is 4.42 Å². The zero-order valence-corrected chi connectivity index (χ0v) is 5.70. The van der Waals surface area contributed by atoms with Crippen LogP contribution in [0.15, 0.2) is 10.5 Å². The second kappa shape index (κ2) is 2.40. The van der Waals surface area contributed by atoms with E-state index in [0.29, 0.717) is 12.2 Å². The number of halogens is 2. The minimum atomic E-state index is -0.478. The summed E-state index contributed by atoms with van der Waals surface area (Å²) in [5, 5.41) is -0.146. The molecule has 0 fully saturated rings. The summed E-state index contributed by atoms with van der Waals surface area (Å²) in [6.45, 7) is 1.87. The standard InChI is InChI=1S/C6H6ClFO/c1-2-4-3-5(8)6(7)9-4/h3H,2H2,1H3. The number of aryl methyl sites for hydroxylation is 1. The van der Waals surface area contributed by atoms with Gasteiger partial charge in [0.15, 0.2) is 5.82 Å². The van der Waals surface area contributed by atoms with Gasteiger partial charge in [-0.05, 0) is 11.6 Å². The van der Waals surface area contributed by atoms with Crippen LogP contribution in [0.2, 0.25) is 5.22 Å². The van der Waals surface area contributed by atoms with Crippen molar-refractivity contribution < 1.29 is 8.81 Å². The van der Waals surface area contributed by atoms with Crippen molar-refractivity contribution >= 4 is 11.6 Å². The van der Waals surface area contributed by atoms with Gasteiger partial charge >= 0.3 is 0 Å². The quantitative estimate of drug-likeness (QED) is 0.597. The molecule has 0 amide bonds. The van der Waals surface area contributed by atoms with Crippen LogP contribution in [0.25, 0.3) is 0 Å². The highest BCUT2D eigenvalue weighted by molar-refractivity contribution is 6.29. The van der Waals surface area contributed by atoms with Crippen molar-refractivity contribution in [3.63, 3.8) is 0 Å². The molecule has 0 aliphatic heterocycles. The molecule has 9 heavy (non-hydrogen) atoms. The van der Waals surface area contributed by atoms with E-state index < -0.39 is 5.82 Å². The van der Waals surface area contributed by atoms with Gasteiger partial charge in [0, 0.05) is 12.5 Å². The zero-order valence-electron chi connectivity index (χ0n) is 4.95. The molecule has 1 heterocycles. The van der Waals surface area contributed by atoms with Gasteiger partial charge in [-0.15, -0.1) is 0 Å². The van der Waals surface area contributed by atoms with Gasteiger partial charge in [0.1, 0.15) is 5.76 Å². The normalized spacial score (nSPS) is 10.1. The van der Waals surface area contributed by atoms with E-state index in [1.54, 1.807) is 0 Å². The lowest BCUT2D eigenvalue weighted by Gasteiger charge is -1.81. The average Bonchev–Trinajstić information content (AvgIpc) is 2.13. The van der Waals surface area contributed by atoms with Crippen LogP contribution in [0.1, 0.15) is 12.7 Å². The van der Waals surface area contributed by atoms with Gasteiger partial charge in [-0.3, -0.25) is 0 Å². The van der Waals surface area contributed by atoms with Gasteiger partial charge in [-0.2, -0.15) is 0 Å². The monoisotopic (exact) mass is 148 g/mol. The molecule has 3 heteroatoms. The van der Waals surface area contributed by atoms with Gasteiger partial charge in [0.25, 0.3) is 0 Å². The van der Waals surface area contributed by atoms with Crippen LogP contribution in [0.3, 0.4) is 0 Å². The zero-order chi connectivity index (χ0) is 6.85. The lowest BCUT2D eigenvalue weighted by Crippen LogP contribution is -1.68. The number of hydrogen-bond acceptors (Lipinski definition) is 1.